The molecule has 0 spiro atoms. The Morgan fingerprint density at radius 1 is 1.19 bits per heavy atom. The van der Waals surface area contributed by atoms with Gasteiger partial charge in [-0.05, 0) is 36.8 Å². The van der Waals surface area contributed by atoms with Crippen LogP contribution in [-0.2, 0) is 4.79 Å². The third-order valence-corrected chi connectivity index (χ3v) is 4.30. The molecule has 0 saturated heterocycles. The maximum atomic E-state index is 13.6. The van der Waals surface area contributed by atoms with Crippen molar-refractivity contribution in [1.29, 1.82) is 0 Å². The molecule has 6 heteroatoms. The Balaban J connectivity index is 1.69. The molecule has 0 saturated carbocycles. The molecular formula is C20H19FN4O. The van der Waals surface area contributed by atoms with Crippen molar-refractivity contribution in [2.45, 2.75) is 13.0 Å². The SMILES string of the molecule is C[C@@H](c1ccc(-n2cncn2)cc1)N(C)C(=O)/C=C/c1ccccc1F. The van der Waals surface area contributed by atoms with Crippen LogP contribution in [0.3, 0.4) is 0 Å². The number of hydrogen-bond acceptors (Lipinski definition) is 3. The minimum Gasteiger partial charge on any atom is -0.335 e. The first kappa shape index (κ1) is 17.5. The van der Waals surface area contributed by atoms with Gasteiger partial charge in [0.25, 0.3) is 0 Å². The first-order valence-electron chi connectivity index (χ1n) is 8.20. The van der Waals surface area contributed by atoms with Gasteiger partial charge >= 0.3 is 0 Å². The molecule has 1 heterocycles. The van der Waals surface area contributed by atoms with E-state index in [4.69, 9.17) is 0 Å². The lowest BCUT2D eigenvalue weighted by molar-refractivity contribution is -0.126. The van der Waals surface area contributed by atoms with E-state index in [1.54, 1.807) is 41.2 Å². The highest BCUT2D eigenvalue weighted by atomic mass is 19.1. The van der Waals surface area contributed by atoms with Crippen molar-refractivity contribution in [3.8, 4) is 5.69 Å². The van der Waals surface area contributed by atoms with Crippen molar-refractivity contribution in [3.63, 3.8) is 0 Å². The molecule has 0 aliphatic carbocycles. The molecule has 1 amide bonds. The summed E-state index contributed by atoms with van der Waals surface area (Å²) in [5, 5.41) is 4.09. The maximum absolute atomic E-state index is 13.6. The predicted molar refractivity (Wildman–Crippen MR) is 98.0 cm³/mol. The Labute approximate surface area is 151 Å². The lowest BCUT2D eigenvalue weighted by Gasteiger charge is -2.24. The molecule has 26 heavy (non-hydrogen) atoms. The number of carbonyl (C=O) groups is 1. The van der Waals surface area contributed by atoms with Crippen LogP contribution in [0.25, 0.3) is 11.8 Å². The largest absolute Gasteiger partial charge is 0.335 e. The monoisotopic (exact) mass is 350 g/mol. The van der Waals surface area contributed by atoms with E-state index in [1.165, 1.54) is 24.5 Å². The van der Waals surface area contributed by atoms with Gasteiger partial charge in [0.15, 0.2) is 0 Å². The summed E-state index contributed by atoms with van der Waals surface area (Å²) in [5.41, 5.74) is 2.27. The maximum Gasteiger partial charge on any atom is 0.246 e. The fourth-order valence-corrected chi connectivity index (χ4v) is 2.55. The molecule has 1 aromatic heterocycles. The summed E-state index contributed by atoms with van der Waals surface area (Å²) < 4.78 is 15.3. The molecule has 0 aliphatic heterocycles. The zero-order valence-electron chi connectivity index (χ0n) is 14.6. The summed E-state index contributed by atoms with van der Waals surface area (Å²) in [7, 11) is 1.73. The Kier molecular flexibility index (Phi) is 5.22. The van der Waals surface area contributed by atoms with Crippen molar-refractivity contribution < 1.29 is 9.18 Å². The van der Waals surface area contributed by atoms with Crippen LogP contribution >= 0.6 is 0 Å². The molecular weight excluding hydrogens is 331 g/mol. The molecule has 0 bridgehead atoms. The summed E-state index contributed by atoms with van der Waals surface area (Å²) in [6.45, 7) is 1.94. The summed E-state index contributed by atoms with van der Waals surface area (Å²) in [5.74, 6) is -0.544. The zero-order valence-corrected chi connectivity index (χ0v) is 14.6. The average molecular weight is 350 g/mol. The van der Waals surface area contributed by atoms with Gasteiger partial charge in [-0.15, -0.1) is 0 Å². The van der Waals surface area contributed by atoms with E-state index < -0.39 is 0 Å². The number of amides is 1. The van der Waals surface area contributed by atoms with E-state index in [9.17, 15) is 9.18 Å². The zero-order chi connectivity index (χ0) is 18.5. The van der Waals surface area contributed by atoms with Crippen LogP contribution < -0.4 is 0 Å². The molecule has 0 aliphatic rings. The first-order chi connectivity index (χ1) is 12.6. The van der Waals surface area contributed by atoms with Gasteiger partial charge in [0, 0.05) is 18.7 Å². The van der Waals surface area contributed by atoms with Crippen molar-refractivity contribution in [3.05, 3.63) is 84.2 Å². The summed E-state index contributed by atoms with van der Waals surface area (Å²) in [4.78, 5) is 17.9. The van der Waals surface area contributed by atoms with Crippen molar-refractivity contribution in [1.82, 2.24) is 19.7 Å². The normalized spacial score (nSPS) is 12.3. The number of likely N-dealkylation sites (N-methyl/N-ethyl adjacent to an activating group) is 1. The molecule has 0 N–H and O–H groups in total. The molecule has 0 fully saturated rings. The van der Waals surface area contributed by atoms with E-state index >= 15 is 0 Å². The summed E-state index contributed by atoms with van der Waals surface area (Å²) in [6.07, 6.45) is 5.99. The van der Waals surface area contributed by atoms with E-state index in [1.807, 2.05) is 31.2 Å². The second-order valence-corrected chi connectivity index (χ2v) is 5.91. The van der Waals surface area contributed by atoms with Gasteiger partial charge in [-0.1, -0.05) is 30.3 Å². The number of benzene rings is 2. The van der Waals surface area contributed by atoms with E-state index in [-0.39, 0.29) is 17.8 Å². The third kappa shape index (κ3) is 3.85. The highest BCUT2D eigenvalue weighted by molar-refractivity contribution is 5.91. The van der Waals surface area contributed by atoms with Gasteiger partial charge < -0.3 is 4.90 Å². The molecule has 3 rings (SSSR count). The summed E-state index contributed by atoms with van der Waals surface area (Å²) in [6, 6.07) is 14.0. The molecule has 2 aromatic carbocycles. The van der Waals surface area contributed by atoms with E-state index in [0.29, 0.717) is 5.56 Å². The second-order valence-electron chi connectivity index (χ2n) is 5.91. The van der Waals surface area contributed by atoms with Crippen LogP contribution in [0.4, 0.5) is 4.39 Å². The van der Waals surface area contributed by atoms with Gasteiger partial charge in [0.05, 0.1) is 11.7 Å². The number of carbonyl (C=O) groups excluding carboxylic acids is 1. The third-order valence-electron chi connectivity index (χ3n) is 4.30. The number of halogens is 1. The van der Waals surface area contributed by atoms with Crippen LogP contribution in [0.5, 0.6) is 0 Å². The van der Waals surface area contributed by atoms with Gasteiger partial charge in [-0.25, -0.2) is 14.1 Å². The lowest BCUT2D eigenvalue weighted by atomic mass is 10.1. The minimum atomic E-state index is -0.351. The molecule has 132 valence electrons. The predicted octanol–water partition coefficient (Wildman–Crippen LogP) is 3.64. The highest BCUT2D eigenvalue weighted by Gasteiger charge is 2.15. The van der Waals surface area contributed by atoms with Crippen LogP contribution in [0.2, 0.25) is 0 Å². The van der Waals surface area contributed by atoms with Gasteiger partial charge in [-0.2, -0.15) is 5.10 Å². The number of nitrogens with zero attached hydrogens (tertiary/aromatic N) is 4. The Bertz CT molecular complexity index is 904. The smallest absolute Gasteiger partial charge is 0.246 e. The molecule has 0 radical (unpaired) electrons. The average Bonchev–Trinajstić information content (AvgIpc) is 3.21. The van der Waals surface area contributed by atoms with Crippen LogP contribution in [0.1, 0.15) is 24.1 Å². The number of rotatable bonds is 5. The van der Waals surface area contributed by atoms with Crippen molar-refractivity contribution in [2.24, 2.45) is 0 Å². The fraction of sp³-hybridized carbons (Fsp3) is 0.150. The van der Waals surface area contributed by atoms with Gasteiger partial charge in [0.2, 0.25) is 5.91 Å². The minimum absolute atomic E-state index is 0.127. The standard InChI is InChI=1S/C20H19FN4O/c1-15(16-7-10-18(11-8-16)25-14-22-13-23-25)24(2)20(26)12-9-17-5-3-4-6-19(17)21/h3-15H,1-2H3/b12-9+/t15-/m0/s1. The van der Waals surface area contributed by atoms with Crippen molar-refractivity contribution >= 4 is 12.0 Å². The van der Waals surface area contributed by atoms with Crippen LogP contribution in [0.15, 0.2) is 67.3 Å². The second kappa shape index (κ2) is 7.74. The number of hydrogen-bond donors (Lipinski definition) is 0. The summed E-state index contributed by atoms with van der Waals surface area (Å²) >= 11 is 0. The highest BCUT2D eigenvalue weighted by Crippen LogP contribution is 2.21. The quantitative estimate of drug-likeness (QED) is 0.660. The Hall–Kier alpha value is -3.28. The van der Waals surface area contributed by atoms with Gasteiger partial charge in [-0.3, -0.25) is 4.79 Å². The van der Waals surface area contributed by atoms with Crippen LogP contribution in [-0.4, -0.2) is 32.6 Å². The molecule has 0 unspecified atom stereocenters. The molecule has 3 aromatic rings. The van der Waals surface area contributed by atoms with Crippen LogP contribution in [0, 0.1) is 5.82 Å². The molecule has 5 nitrogen and oxygen atoms in total. The van der Waals surface area contributed by atoms with Crippen molar-refractivity contribution in [2.75, 3.05) is 7.05 Å². The molecule has 1 atom stereocenters. The number of aromatic nitrogens is 3. The topological polar surface area (TPSA) is 51.0 Å². The lowest BCUT2D eigenvalue weighted by Crippen LogP contribution is -2.28. The van der Waals surface area contributed by atoms with Gasteiger partial charge in [0.1, 0.15) is 18.5 Å². The van der Waals surface area contributed by atoms with E-state index in [2.05, 4.69) is 10.1 Å². The van der Waals surface area contributed by atoms with E-state index in [0.717, 1.165) is 11.3 Å². The Morgan fingerprint density at radius 2 is 1.92 bits per heavy atom. The Morgan fingerprint density at radius 3 is 2.58 bits per heavy atom. The fourth-order valence-electron chi connectivity index (χ4n) is 2.55. The first-order valence-corrected chi connectivity index (χ1v) is 8.20.